The average molecular weight is 252 g/mol. The van der Waals surface area contributed by atoms with Crippen LogP contribution in [0.1, 0.15) is 52.9 Å². The Morgan fingerprint density at radius 1 is 1.44 bits per heavy atom. The molecule has 1 atom stereocenters. The van der Waals surface area contributed by atoms with Crippen LogP contribution < -0.4 is 5.32 Å². The number of nitrogens with zero attached hydrogens (tertiary/aromatic N) is 1. The Hall–Kier alpha value is -0.590. The minimum atomic E-state index is -0.423. The molecular formula is C15H28N2O. The lowest BCUT2D eigenvalue weighted by atomic mass is 9.96. The summed E-state index contributed by atoms with van der Waals surface area (Å²) in [6.45, 7) is 8.82. The zero-order valence-corrected chi connectivity index (χ0v) is 12.2. The standard InChI is InChI=1S/C15H28N2O/c1-4-9-17-15(11-16,14-7-8-14)12-18-10-5-6-13(2)3/h13-14,17H,4-10,12H2,1-3H3. The van der Waals surface area contributed by atoms with E-state index >= 15 is 0 Å². The van der Waals surface area contributed by atoms with Crippen LogP contribution in [0.4, 0.5) is 0 Å². The molecule has 0 aromatic heterocycles. The first-order chi connectivity index (χ1) is 8.64. The molecule has 3 nitrogen and oxygen atoms in total. The van der Waals surface area contributed by atoms with E-state index < -0.39 is 5.54 Å². The van der Waals surface area contributed by atoms with Crippen LogP contribution in [-0.2, 0) is 4.74 Å². The maximum Gasteiger partial charge on any atom is 0.133 e. The van der Waals surface area contributed by atoms with Crippen molar-refractivity contribution in [2.24, 2.45) is 11.8 Å². The molecule has 1 unspecified atom stereocenters. The summed E-state index contributed by atoms with van der Waals surface area (Å²) in [7, 11) is 0. The molecule has 1 rings (SSSR count). The summed E-state index contributed by atoms with van der Waals surface area (Å²) in [5.41, 5.74) is -0.423. The van der Waals surface area contributed by atoms with E-state index in [-0.39, 0.29) is 0 Å². The second kappa shape index (κ2) is 7.76. The molecule has 0 aromatic rings. The van der Waals surface area contributed by atoms with Gasteiger partial charge in [0.1, 0.15) is 5.54 Å². The van der Waals surface area contributed by atoms with Crippen molar-refractivity contribution in [1.29, 1.82) is 5.26 Å². The Labute approximate surface area is 112 Å². The summed E-state index contributed by atoms with van der Waals surface area (Å²) in [4.78, 5) is 0. The van der Waals surface area contributed by atoms with Crippen molar-refractivity contribution in [1.82, 2.24) is 5.32 Å². The molecule has 1 N–H and O–H groups in total. The largest absolute Gasteiger partial charge is 0.378 e. The molecule has 18 heavy (non-hydrogen) atoms. The number of hydrogen-bond acceptors (Lipinski definition) is 3. The highest BCUT2D eigenvalue weighted by molar-refractivity contribution is 5.15. The highest BCUT2D eigenvalue weighted by Crippen LogP contribution is 2.39. The molecule has 0 aliphatic heterocycles. The van der Waals surface area contributed by atoms with Crippen molar-refractivity contribution >= 4 is 0 Å². The van der Waals surface area contributed by atoms with Gasteiger partial charge in [-0.3, -0.25) is 5.32 Å². The summed E-state index contributed by atoms with van der Waals surface area (Å²) in [6.07, 6.45) is 5.69. The minimum absolute atomic E-state index is 0.423. The normalized spacial score (nSPS) is 18.6. The van der Waals surface area contributed by atoms with Crippen molar-refractivity contribution in [3.8, 4) is 6.07 Å². The van der Waals surface area contributed by atoms with Gasteiger partial charge >= 0.3 is 0 Å². The van der Waals surface area contributed by atoms with E-state index in [1.165, 1.54) is 19.3 Å². The quantitative estimate of drug-likeness (QED) is 0.608. The van der Waals surface area contributed by atoms with Gasteiger partial charge in [-0.25, -0.2) is 0 Å². The fourth-order valence-corrected chi connectivity index (χ4v) is 2.23. The van der Waals surface area contributed by atoms with E-state index in [2.05, 4.69) is 32.2 Å². The van der Waals surface area contributed by atoms with E-state index in [0.29, 0.717) is 12.5 Å². The lowest BCUT2D eigenvalue weighted by Gasteiger charge is -2.27. The van der Waals surface area contributed by atoms with E-state index in [0.717, 1.165) is 31.9 Å². The van der Waals surface area contributed by atoms with E-state index in [9.17, 15) is 5.26 Å². The predicted octanol–water partition coefficient (Wildman–Crippen LogP) is 3.11. The molecule has 0 bridgehead atoms. The number of rotatable bonds is 10. The summed E-state index contributed by atoms with van der Waals surface area (Å²) in [5, 5.41) is 12.9. The van der Waals surface area contributed by atoms with E-state index in [4.69, 9.17) is 4.74 Å². The predicted molar refractivity (Wildman–Crippen MR) is 74.3 cm³/mol. The highest BCUT2D eigenvalue weighted by Gasteiger charge is 2.45. The maximum atomic E-state index is 9.47. The van der Waals surface area contributed by atoms with Gasteiger partial charge in [-0.2, -0.15) is 5.26 Å². The molecule has 1 saturated carbocycles. The fraction of sp³-hybridized carbons (Fsp3) is 0.933. The second-order valence-corrected chi connectivity index (χ2v) is 5.87. The molecule has 0 heterocycles. The second-order valence-electron chi connectivity index (χ2n) is 5.87. The van der Waals surface area contributed by atoms with Crippen LogP contribution in [0.15, 0.2) is 0 Å². The molecular weight excluding hydrogens is 224 g/mol. The molecule has 0 spiro atoms. The van der Waals surface area contributed by atoms with Crippen molar-refractivity contribution in [3.05, 3.63) is 0 Å². The SMILES string of the molecule is CCCNC(C#N)(COCCCC(C)C)C1CC1. The van der Waals surface area contributed by atoms with E-state index in [1.54, 1.807) is 0 Å². The summed E-state index contributed by atoms with van der Waals surface area (Å²) >= 11 is 0. The van der Waals surface area contributed by atoms with Crippen molar-refractivity contribution < 1.29 is 4.74 Å². The first-order valence-corrected chi connectivity index (χ1v) is 7.38. The zero-order valence-electron chi connectivity index (χ0n) is 12.2. The van der Waals surface area contributed by atoms with Crippen LogP contribution in [0, 0.1) is 23.2 Å². The van der Waals surface area contributed by atoms with Gasteiger partial charge in [0.2, 0.25) is 0 Å². The Bertz CT molecular complexity index is 268. The number of ether oxygens (including phenoxy) is 1. The van der Waals surface area contributed by atoms with E-state index in [1.807, 2.05) is 0 Å². The van der Waals surface area contributed by atoms with Gasteiger partial charge in [-0.05, 0) is 50.5 Å². The fourth-order valence-electron chi connectivity index (χ4n) is 2.23. The van der Waals surface area contributed by atoms with Crippen molar-refractivity contribution in [2.75, 3.05) is 19.8 Å². The lowest BCUT2D eigenvalue weighted by molar-refractivity contribution is 0.0769. The Morgan fingerprint density at radius 2 is 2.17 bits per heavy atom. The van der Waals surface area contributed by atoms with Crippen molar-refractivity contribution in [3.63, 3.8) is 0 Å². The van der Waals surface area contributed by atoms with Crippen LogP contribution in [-0.4, -0.2) is 25.3 Å². The molecule has 1 aliphatic carbocycles. The first kappa shape index (κ1) is 15.5. The Kier molecular flexibility index (Phi) is 6.67. The highest BCUT2D eigenvalue weighted by atomic mass is 16.5. The molecule has 0 saturated heterocycles. The van der Waals surface area contributed by atoms with Gasteiger partial charge < -0.3 is 4.74 Å². The van der Waals surface area contributed by atoms with Crippen LogP contribution in [0.5, 0.6) is 0 Å². The Balaban J connectivity index is 2.30. The summed E-state index contributed by atoms with van der Waals surface area (Å²) in [6, 6.07) is 2.48. The molecule has 0 radical (unpaired) electrons. The summed E-state index contributed by atoms with van der Waals surface area (Å²) < 4.78 is 5.75. The van der Waals surface area contributed by atoms with Crippen LogP contribution in [0.3, 0.4) is 0 Å². The minimum Gasteiger partial charge on any atom is -0.378 e. The Morgan fingerprint density at radius 3 is 2.67 bits per heavy atom. The van der Waals surface area contributed by atoms with Gasteiger partial charge in [-0.15, -0.1) is 0 Å². The third kappa shape index (κ3) is 4.96. The average Bonchev–Trinajstić information content (AvgIpc) is 3.17. The van der Waals surface area contributed by atoms with Crippen molar-refractivity contribution in [2.45, 2.75) is 58.4 Å². The smallest absolute Gasteiger partial charge is 0.133 e. The maximum absolute atomic E-state index is 9.47. The number of nitriles is 1. The molecule has 0 amide bonds. The van der Waals surface area contributed by atoms with Gasteiger partial charge in [0.15, 0.2) is 0 Å². The molecule has 1 fully saturated rings. The van der Waals surface area contributed by atoms with Crippen LogP contribution in [0.2, 0.25) is 0 Å². The monoisotopic (exact) mass is 252 g/mol. The molecule has 104 valence electrons. The topological polar surface area (TPSA) is 45.0 Å². The molecule has 1 aliphatic rings. The van der Waals surface area contributed by atoms with Crippen LogP contribution in [0.25, 0.3) is 0 Å². The summed E-state index contributed by atoms with van der Waals surface area (Å²) in [5.74, 6) is 1.23. The number of nitrogens with one attached hydrogen (secondary N) is 1. The number of hydrogen-bond donors (Lipinski definition) is 1. The third-order valence-electron chi connectivity index (χ3n) is 3.56. The van der Waals surface area contributed by atoms with Gasteiger partial charge in [0.25, 0.3) is 0 Å². The molecule has 3 heteroatoms. The third-order valence-corrected chi connectivity index (χ3v) is 3.56. The lowest BCUT2D eigenvalue weighted by Crippen LogP contribution is -2.50. The zero-order chi connectivity index (χ0) is 13.4. The van der Waals surface area contributed by atoms with Gasteiger partial charge in [-0.1, -0.05) is 20.8 Å². The van der Waals surface area contributed by atoms with Gasteiger partial charge in [0, 0.05) is 6.61 Å². The molecule has 0 aromatic carbocycles. The van der Waals surface area contributed by atoms with Crippen LogP contribution >= 0.6 is 0 Å². The van der Waals surface area contributed by atoms with Gasteiger partial charge in [0.05, 0.1) is 12.7 Å². The first-order valence-electron chi connectivity index (χ1n) is 7.38.